The summed E-state index contributed by atoms with van der Waals surface area (Å²) in [6, 6.07) is 1.26. The summed E-state index contributed by atoms with van der Waals surface area (Å²) in [6.45, 7) is 4.28. The van der Waals surface area contributed by atoms with Crippen molar-refractivity contribution in [2.75, 3.05) is 13.1 Å². The molecule has 18 heavy (non-hydrogen) atoms. The van der Waals surface area contributed by atoms with Gasteiger partial charge in [-0.05, 0) is 51.6 Å². The summed E-state index contributed by atoms with van der Waals surface area (Å²) in [7, 11) is 0. The minimum Gasteiger partial charge on any atom is -0.368 e. The molecule has 0 aromatic heterocycles. The van der Waals surface area contributed by atoms with Crippen LogP contribution in [0.3, 0.4) is 0 Å². The third-order valence-corrected chi connectivity index (χ3v) is 4.53. The predicted octanol–water partition coefficient (Wildman–Crippen LogP) is 1.25. The van der Waals surface area contributed by atoms with Crippen LogP contribution in [0, 0.1) is 0 Å². The zero-order valence-corrected chi connectivity index (χ0v) is 11.5. The van der Waals surface area contributed by atoms with Crippen molar-refractivity contribution in [1.82, 2.24) is 10.2 Å². The summed E-state index contributed by atoms with van der Waals surface area (Å²) >= 11 is 0. The van der Waals surface area contributed by atoms with E-state index in [1.807, 2.05) is 0 Å². The molecule has 1 aliphatic carbocycles. The molecule has 0 aromatic carbocycles. The van der Waals surface area contributed by atoms with Gasteiger partial charge in [-0.15, -0.1) is 0 Å². The summed E-state index contributed by atoms with van der Waals surface area (Å²) in [6.07, 6.45) is 8.22. The van der Waals surface area contributed by atoms with E-state index in [1.165, 1.54) is 32.1 Å². The van der Waals surface area contributed by atoms with Crippen LogP contribution in [0.15, 0.2) is 0 Å². The van der Waals surface area contributed by atoms with Crippen molar-refractivity contribution in [3.05, 3.63) is 0 Å². The number of rotatable bonds is 4. The lowest BCUT2D eigenvalue weighted by molar-refractivity contribution is -0.125. The van der Waals surface area contributed by atoms with E-state index in [4.69, 9.17) is 5.73 Å². The number of piperidine rings is 1. The Morgan fingerprint density at radius 1 is 1.22 bits per heavy atom. The molecule has 4 nitrogen and oxygen atoms in total. The van der Waals surface area contributed by atoms with Crippen LogP contribution in [0.2, 0.25) is 0 Å². The number of amides is 1. The highest BCUT2D eigenvalue weighted by Gasteiger charge is 2.34. The topological polar surface area (TPSA) is 58.4 Å². The monoisotopic (exact) mass is 253 g/mol. The van der Waals surface area contributed by atoms with Gasteiger partial charge in [-0.2, -0.15) is 0 Å². The van der Waals surface area contributed by atoms with Crippen molar-refractivity contribution in [3.8, 4) is 0 Å². The van der Waals surface area contributed by atoms with Gasteiger partial charge in [-0.3, -0.25) is 9.69 Å². The van der Waals surface area contributed by atoms with Gasteiger partial charge in [0.1, 0.15) is 0 Å². The average molecular weight is 253 g/mol. The zero-order chi connectivity index (χ0) is 13.0. The lowest BCUT2D eigenvalue weighted by Gasteiger charge is -2.42. The number of hydrogen-bond donors (Lipinski definition) is 2. The van der Waals surface area contributed by atoms with Crippen molar-refractivity contribution < 1.29 is 4.79 Å². The first-order valence-electron chi connectivity index (χ1n) is 7.50. The second-order valence-corrected chi connectivity index (χ2v) is 5.71. The summed E-state index contributed by atoms with van der Waals surface area (Å²) in [5, 5.41) is 3.53. The maximum absolute atomic E-state index is 11.5. The Bertz CT molecular complexity index is 274. The first kappa shape index (κ1) is 13.8. The SMILES string of the molecule is CCNC1CCC(N2CCCCC2C(N)=O)CC1. The summed E-state index contributed by atoms with van der Waals surface area (Å²) in [5.74, 6) is -0.122. The number of likely N-dealkylation sites (tertiary alicyclic amines) is 1. The molecule has 1 amide bonds. The number of carbonyl (C=O) groups is 1. The van der Waals surface area contributed by atoms with E-state index in [0.717, 1.165) is 25.9 Å². The van der Waals surface area contributed by atoms with Crippen LogP contribution in [-0.2, 0) is 4.79 Å². The third-order valence-electron chi connectivity index (χ3n) is 4.53. The maximum atomic E-state index is 11.5. The lowest BCUT2D eigenvalue weighted by atomic mass is 9.87. The number of carbonyl (C=O) groups excluding carboxylic acids is 1. The molecule has 0 bridgehead atoms. The van der Waals surface area contributed by atoms with Crippen LogP contribution in [0.4, 0.5) is 0 Å². The van der Waals surface area contributed by atoms with Crippen LogP contribution >= 0.6 is 0 Å². The van der Waals surface area contributed by atoms with E-state index in [1.54, 1.807) is 0 Å². The highest BCUT2D eigenvalue weighted by molar-refractivity contribution is 5.80. The predicted molar refractivity (Wildman–Crippen MR) is 73.3 cm³/mol. The molecule has 1 aliphatic heterocycles. The Morgan fingerprint density at radius 2 is 1.94 bits per heavy atom. The zero-order valence-electron chi connectivity index (χ0n) is 11.5. The van der Waals surface area contributed by atoms with Gasteiger partial charge in [0.05, 0.1) is 6.04 Å². The fraction of sp³-hybridized carbons (Fsp3) is 0.929. The van der Waals surface area contributed by atoms with Crippen LogP contribution in [0.5, 0.6) is 0 Å². The van der Waals surface area contributed by atoms with Crippen LogP contribution in [0.25, 0.3) is 0 Å². The van der Waals surface area contributed by atoms with Gasteiger partial charge in [0.15, 0.2) is 0 Å². The van der Waals surface area contributed by atoms with E-state index in [2.05, 4.69) is 17.1 Å². The molecule has 2 fully saturated rings. The van der Waals surface area contributed by atoms with Crippen molar-refractivity contribution >= 4 is 5.91 Å². The van der Waals surface area contributed by atoms with Gasteiger partial charge in [0, 0.05) is 12.1 Å². The smallest absolute Gasteiger partial charge is 0.234 e. The quantitative estimate of drug-likeness (QED) is 0.792. The first-order valence-corrected chi connectivity index (χ1v) is 7.50. The summed E-state index contributed by atoms with van der Waals surface area (Å²) in [5.41, 5.74) is 5.55. The molecule has 1 unspecified atom stereocenters. The number of primary amides is 1. The van der Waals surface area contributed by atoms with Crippen molar-refractivity contribution in [1.29, 1.82) is 0 Å². The highest BCUT2D eigenvalue weighted by atomic mass is 16.1. The molecule has 0 spiro atoms. The van der Waals surface area contributed by atoms with Crippen molar-refractivity contribution in [2.24, 2.45) is 5.73 Å². The van der Waals surface area contributed by atoms with E-state index < -0.39 is 0 Å². The minimum atomic E-state index is -0.122. The summed E-state index contributed by atoms with van der Waals surface area (Å²) in [4.78, 5) is 13.9. The molecule has 0 radical (unpaired) electrons. The van der Waals surface area contributed by atoms with Gasteiger partial charge in [0.25, 0.3) is 0 Å². The molecule has 2 aliphatic rings. The Balaban J connectivity index is 1.88. The fourth-order valence-corrected chi connectivity index (χ4v) is 3.60. The van der Waals surface area contributed by atoms with Gasteiger partial charge < -0.3 is 11.1 Å². The second-order valence-electron chi connectivity index (χ2n) is 5.71. The number of nitrogens with zero attached hydrogens (tertiary/aromatic N) is 1. The van der Waals surface area contributed by atoms with Gasteiger partial charge in [0.2, 0.25) is 5.91 Å². The van der Waals surface area contributed by atoms with E-state index in [9.17, 15) is 4.79 Å². The molecule has 3 N–H and O–H groups in total. The lowest BCUT2D eigenvalue weighted by Crippen LogP contribution is -2.53. The first-order chi connectivity index (χ1) is 8.72. The van der Waals surface area contributed by atoms with Crippen molar-refractivity contribution in [3.63, 3.8) is 0 Å². The fourth-order valence-electron chi connectivity index (χ4n) is 3.60. The number of nitrogens with one attached hydrogen (secondary N) is 1. The van der Waals surface area contributed by atoms with Crippen LogP contribution in [0.1, 0.15) is 51.9 Å². The highest BCUT2D eigenvalue weighted by Crippen LogP contribution is 2.28. The summed E-state index contributed by atoms with van der Waals surface area (Å²) < 4.78 is 0. The van der Waals surface area contributed by atoms with Crippen LogP contribution < -0.4 is 11.1 Å². The third kappa shape index (κ3) is 3.23. The van der Waals surface area contributed by atoms with E-state index in [-0.39, 0.29) is 11.9 Å². The van der Waals surface area contributed by atoms with Crippen LogP contribution in [-0.4, -0.2) is 42.0 Å². The Kier molecular flexibility index (Phi) is 5.01. The Morgan fingerprint density at radius 3 is 2.56 bits per heavy atom. The normalized spacial score (nSPS) is 34.4. The Labute approximate surface area is 110 Å². The minimum absolute atomic E-state index is 0.000524. The van der Waals surface area contributed by atoms with E-state index in [0.29, 0.717) is 12.1 Å². The molecular formula is C14H27N3O. The molecule has 1 atom stereocenters. The van der Waals surface area contributed by atoms with E-state index >= 15 is 0 Å². The molecule has 4 heteroatoms. The second kappa shape index (κ2) is 6.53. The molecule has 1 saturated carbocycles. The standard InChI is InChI=1S/C14H27N3O/c1-2-16-11-6-8-12(9-7-11)17-10-4-3-5-13(17)14(15)18/h11-13,16H,2-10H2,1H3,(H2,15,18). The van der Waals surface area contributed by atoms with Gasteiger partial charge >= 0.3 is 0 Å². The molecule has 0 aromatic rings. The number of nitrogens with two attached hydrogens (primary N) is 1. The Hall–Kier alpha value is -0.610. The van der Waals surface area contributed by atoms with Gasteiger partial charge in [-0.1, -0.05) is 13.3 Å². The number of hydrogen-bond acceptors (Lipinski definition) is 3. The molecule has 2 rings (SSSR count). The molecule has 1 saturated heterocycles. The molecule has 104 valence electrons. The molecular weight excluding hydrogens is 226 g/mol. The van der Waals surface area contributed by atoms with Gasteiger partial charge in [-0.25, -0.2) is 0 Å². The van der Waals surface area contributed by atoms with Crippen molar-refractivity contribution in [2.45, 2.75) is 70.0 Å². The molecule has 1 heterocycles. The average Bonchev–Trinajstić information content (AvgIpc) is 2.40. The maximum Gasteiger partial charge on any atom is 0.234 e. The largest absolute Gasteiger partial charge is 0.368 e.